The molecule has 0 aliphatic carbocycles. The summed E-state index contributed by atoms with van der Waals surface area (Å²) in [6, 6.07) is 11.9. The molecule has 2 aromatic rings. The number of carbonyl (C=O) groups is 1. The maximum absolute atomic E-state index is 12.2. The largest absolute Gasteiger partial charge is 0.325 e. The van der Waals surface area contributed by atoms with Crippen molar-refractivity contribution in [2.24, 2.45) is 0 Å². The van der Waals surface area contributed by atoms with Gasteiger partial charge in [-0.3, -0.25) is 4.79 Å². The number of fused-ring (bicyclic) bond motifs is 1. The van der Waals surface area contributed by atoms with Gasteiger partial charge in [0.2, 0.25) is 5.91 Å². The van der Waals surface area contributed by atoms with Crippen LogP contribution >= 0.6 is 11.6 Å². The minimum Gasteiger partial charge on any atom is -0.325 e. The van der Waals surface area contributed by atoms with E-state index in [9.17, 15) is 4.79 Å². The van der Waals surface area contributed by atoms with E-state index in [4.69, 9.17) is 11.6 Å². The first-order valence-corrected chi connectivity index (χ1v) is 7.09. The van der Waals surface area contributed by atoms with Crippen LogP contribution in [0, 0.1) is 13.8 Å². The van der Waals surface area contributed by atoms with E-state index in [-0.39, 0.29) is 11.8 Å². The molecule has 2 nitrogen and oxygen atoms in total. The number of nitrogens with one attached hydrogen (secondary N) is 1. The molecule has 102 valence electrons. The average molecular weight is 286 g/mol. The number of aryl methyl sites for hydroxylation is 2. The van der Waals surface area contributed by atoms with Crippen molar-refractivity contribution in [3.05, 3.63) is 63.7 Å². The first-order chi connectivity index (χ1) is 9.54. The van der Waals surface area contributed by atoms with E-state index < -0.39 is 0 Å². The Kier molecular flexibility index (Phi) is 3.27. The van der Waals surface area contributed by atoms with Gasteiger partial charge in [-0.1, -0.05) is 35.4 Å². The van der Waals surface area contributed by atoms with E-state index in [1.807, 2.05) is 12.1 Å². The first-order valence-electron chi connectivity index (χ1n) is 6.71. The molecule has 0 radical (unpaired) electrons. The Morgan fingerprint density at radius 1 is 1.15 bits per heavy atom. The van der Waals surface area contributed by atoms with Gasteiger partial charge in [-0.05, 0) is 55.2 Å². The fourth-order valence-corrected chi connectivity index (χ4v) is 2.92. The normalized spacial score (nSPS) is 16.9. The van der Waals surface area contributed by atoms with Gasteiger partial charge in [0, 0.05) is 10.7 Å². The second-order valence-electron chi connectivity index (χ2n) is 5.41. The molecule has 1 atom stereocenters. The molecule has 0 saturated carbocycles. The average Bonchev–Trinajstić information content (AvgIpc) is 2.70. The molecule has 1 aliphatic heterocycles. The van der Waals surface area contributed by atoms with Crippen LogP contribution in [0.25, 0.3) is 0 Å². The summed E-state index contributed by atoms with van der Waals surface area (Å²) in [6.45, 7) is 4.16. The molecule has 1 heterocycles. The van der Waals surface area contributed by atoms with E-state index in [1.165, 1.54) is 16.7 Å². The standard InChI is InChI=1S/C17H16ClNO/c1-10-3-4-11(2)12(7-10)8-15-14-9-13(18)5-6-16(14)19-17(15)20/h3-7,9,15H,8H2,1-2H3,(H,19,20)/t15-/m0/s1. The molecule has 0 saturated heterocycles. The zero-order valence-electron chi connectivity index (χ0n) is 11.5. The van der Waals surface area contributed by atoms with Gasteiger partial charge < -0.3 is 5.32 Å². The third-order valence-corrected chi connectivity index (χ3v) is 4.13. The first kappa shape index (κ1) is 13.2. The number of benzene rings is 2. The van der Waals surface area contributed by atoms with Gasteiger partial charge in [0.05, 0.1) is 5.92 Å². The highest BCUT2D eigenvalue weighted by molar-refractivity contribution is 6.31. The van der Waals surface area contributed by atoms with E-state index in [2.05, 4.69) is 37.4 Å². The van der Waals surface area contributed by atoms with Gasteiger partial charge in [0.15, 0.2) is 0 Å². The fourth-order valence-electron chi connectivity index (χ4n) is 2.74. The summed E-state index contributed by atoms with van der Waals surface area (Å²) in [7, 11) is 0. The number of halogens is 1. The molecular formula is C17H16ClNO. The Bertz CT molecular complexity index is 693. The SMILES string of the molecule is Cc1ccc(C)c(C[C@@H]2C(=O)Nc3ccc(Cl)cc32)c1. The minimum absolute atomic E-state index is 0.0585. The lowest BCUT2D eigenvalue weighted by Gasteiger charge is -2.12. The van der Waals surface area contributed by atoms with Crippen LogP contribution in [0.15, 0.2) is 36.4 Å². The molecule has 0 fully saturated rings. The predicted molar refractivity (Wildman–Crippen MR) is 82.4 cm³/mol. The summed E-state index contributed by atoms with van der Waals surface area (Å²) in [4.78, 5) is 12.2. The molecule has 1 aliphatic rings. The lowest BCUT2D eigenvalue weighted by atomic mass is 9.90. The maximum Gasteiger partial charge on any atom is 0.232 e. The molecule has 1 amide bonds. The smallest absolute Gasteiger partial charge is 0.232 e. The van der Waals surface area contributed by atoms with Crippen LogP contribution in [0.1, 0.15) is 28.2 Å². The fraction of sp³-hybridized carbons (Fsp3) is 0.235. The van der Waals surface area contributed by atoms with Crippen molar-refractivity contribution >= 4 is 23.2 Å². The van der Waals surface area contributed by atoms with E-state index in [0.717, 1.165) is 11.3 Å². The third-order valence-electron chi connectivity index (χ3n) is 3.89. The molecule has 0 bridgehead atoms. The van der Waals surface area contributed by atoms with Gasteiger partial charge >= 0.3 is 0 Å². The Morgan fingerprint density at radius 3 is 2.75 bits per heavy atom. The number of hydrogen-bond donors (Lipinski definition) is 1. The second-order valence-corrected chi connectivity index (χ2v) is 5.84. The summed E-state index contributed by atoms with van der Waals surface area (Å²) in [6.07, 6.45) is 0.715. The number of carbonyl (C=O) groups excluding carboxylic acids is 1. The van der Waals surface area contributed by atoms with Gasteiger partial charge in [-0.15, -0.1) is 0 Å². The van der Waals surface area contributed by atoms with E-state index in [1.54, 1.807) is 6.07 Å². The maximum atomic E-state index is 12.2. The van der Waals surface area contributed by atoms with Crippen LogP contribution in [-0.2, 0) is 11.2 Å². The van der Waals surface area contributed by atoms with Crippen molar-refractivity contribution in [2.75, 3.05) is 5.32 Å². The molecular weight excluding hydrogens is 270 g/mol. The topological polar surface area (TPSA) is 29.1 Å². The molecule has 3 heteroatoms. The molecule has 20 heavy (non-hydrogen) atoms. The lowest BCUT2D eigenvalue weighted by molar-refractivity contribution is -0.117. The van der Waals surface area contributed by atoms with Crippen molar-refractivity contribution in [1.29, 1.82) is 0 Å². The van der Waals surface area contributed by atoms with Crippen molar-refractivity contribution in [2.45, 2.75) is 26.2 Å². The molecule has 0 aromatic heterocycles. The summed E-state index contributed by atoms with van der Waals surface area (Å²) in [5.41, 5.74) is 5.55. The highest BCUT2D eigenvalue weighted by Crippen LogP contribution is 2.36. The Balaban J connectivity index is 1.97. The van der Waals surface area contributed by atoms with Crippen LogP contribution in [-0.4, -0.2) is 5.91 Å². The van der Waals surface area contributed by atoms with Crippen LogP contribution in [0.2, 0.25) is 5.02 Å². The van der Waals surface area contributed by atoms with E-state index >= 15 is 0 Å². The lowest BCUT2D eigenvalue weighted by Crippen LogP contribution is -2.14. The van der Waals surface area contributed by atoms with Crippen molar-refractivity contribution in [3.63, 3.8) is 0 Å². The van der Waals surface area contributed by atoms with Crippen molar-refractivity contribution < 1.29 is 4.79 Å². The summed E-state index contributed by atoms with van der Waals surface area (Å²) < 4.78 is 0. The van der Waals surface area contributed by atoms with Crippen LogP contribution < -0.4 is 5.32 Å². The van der Waals surface area contributed by atoms with Crippen molar-refractivity contribution in [3.8, 4) is 0 Å². The summed E-state index contributed by atoms with van der Waals surface area (Å²) in [5.74, 6) is -0.0904. The second kappa shape index (κ2) is 4.95. The number of hydrogen-bond acceptors (Lipinski definition) is 1. The third kappa shape index (κ3) is 2.32. The number of amides is 1. The van der Waals surface area contributed by atoms with Gasteiger partial charge in [0.25, 0.3) is 0 Å². The Morgan fingerprint density at radius 2 is 1.95 bits per heavy atom. The summed E-state index contributed by atoms with van der Waals surface area (Å²) in [5, 5.41) is 3.60. The van der Waals surface area contributed by atoms with Gasteiger partial charge in [0.1, 0.15) is 0 Å². The van der Waals surface area contributed by atoms with Gasteiger partial charge in [-0.25, -0.2) is 0 Å². The number of rotatable bonds is 2. The molecule has 2 aromatic carbocycles. The monoisotopic (exact) mass is 285 g/mol. The van der Waals surface area contributed by atoms with Gasteiger partial charge in [-0.2, -0.15) is 0 Å². The summed E-state index contributed by atoms with van der Waals surface area (Å²) >= 11 is 6.06. The predicted octanol–water partition coefficient (Wildman–Crippen LogP) is 4.24. The molecule has 3 rings (SSSR count). The zero-order valence-corrected chi connectivity index (χ0v) is 12.3. The molecule has 0 unspecified atom stereocenters. The van der Waals surface area contributed by atoms with E-state index in [0.29, 0.717) is 11.4 Å². The van der Waals surface area contributed by atoms with Crippen molar-refractivity contribution in [1.82, 2.24) is 0 Å². The molecule has 1 N–H and O–H groups in total. The Labute approximate surface area is 123 Å². The Hall–Kier alpha value is -1.80. The van der Waals surface area contributed by atoms with Crippen LogP contribution in [0.3, 0.4) is 0 Å². The zero-order chi connectivity index (χ0) is 14.3. The highest BCUT2D eigenvalue weighted by Gasteiger charge is 2.30. The highest BCUT2D eigenvalue weighted by atomic mass is 35.5. The number of anilines is 1. The van der Waals surface area contributed by atoms with Crippen LogP contribution in [0.5, 0.6) is 0 Å². The quantitative estimate of drug-likeness (QED) is 0.879. The molecule has 0 spiro atoms. The minimum atomic E-state index is -0.149. The van der Waals surface area contributed by atoms with Crippen LogP contribution in [0.4, 0.5) is 5.69 Å².